The summed E-state index contributed by atoms with van der Waals surface area (Å²) in [6, 6.07) is 7.24. The van der Waals surface area contributed by atoms with Crippen LogP contribution in [-0.4, -0.2) is 53.0 Å². The second kappa shape index (κ2) is 8.50. The van der Waals surface area contributed by atoms with Crippen molar-refractivity contribution in [2.75, 3.05) is 20.1 Å². The van der Waals surface area contributed by atoms with Gasteiger partial charge in [0, 0.05) is 18.1 Å². The van der Waals surface area contributed by atoms with Crippen LogP contribution in [-0.2, 0) is 16.1 Å². The highest BCUT2D eigenvalue weighted by atomic mass is 79.9. The fourth-order valence-electron chi connectivity index (χ4n) is 2.56. The number of carbonyl (C=O) groups is 2. The summed E-state index contributed by atoms with van der Waals surface area (Å²) >= 11 is 3.46. The zero-order chi connectivity index (χ0) is 15.4. The molecule has 122 valence electrons. The molecule has 2 rings (SSSR count). The minimum absolute atomic E-state index is 0. The first-order chi connectivity index (χ1) is 9.99. The Morgan fingerprint density at radius 3 is 2.73 bits per heavy atom. The van der Waals surface area contributed by atoms with Gasteiger partial charge in [0.2, 0.25) is 5.91 Å². The standard InChI is InChI=1S/C15H19BrN2O3.ClH/c1-17(9-11-5-2-3-6-12(11)16)14(19)10-18-8-4-7-13(18)15(20)21;/h2-3,5-6,13H,4,7-10H2,1H3,(H,20,21);1H/t13-;/m1./s1. The van der Waals surface area contributed by atoms with E-state index in [4.69, 9.17) is 5.11 Å². The molecule has 0 radical (unpaired) electrons. The van der Waals surface area contributed by atoms with E-state index < -0.39 is 12.0 Å². The van der Waals surface area contributed by atoms with Gasteiger partial charge in [0.05, 0.1) is 6.54 Å². The first-order valence-corrected chi connectivity index (χ1v) is 7.72. The molecule has 1 aromatic carbocycles. The van der Waals surface area contributed by atoms with Gasteiger partial charge in [-0.2, -0.15) is 0 Å². The van der Waals surface area contributed by atoms with E-state index in [9.17, 15) is 9.59 Å². The van der Waals surface area contributed by atoms with Gasteiger partial charge in [-0.15, -0.1) is 12.4 Å². The minimum Gasteiger partial charge on any atom is -0.480 e. The number of hydrogen-bond donors (Lipinski definition) is 1. The maximum atomic E-state index is 12.3. The van der Waals surface area contributed by atoms with Gasteiger partial charge in [0.25, 0.3) is 0 Å². The van der Waals surface area contributed by atoms with E-state index in [1.807, 2.05) is 24.3 Å². The topological polar surface area (TPSA) is 60.9 Å². The highest BCUT2D eigenvalue weighted by Gasteiger charge is 2.32. The van der Waals surface area contributed by atoms with E-state index in [0.717, 1.165) is 16.5 Å². The van der Waals surface area contributed by atoms with Crippen LogP contribution in [0.4, 0.5) is 0 Å². The summed E-state index contributed by atoms with van der Waals surface area (Å²) in [5.41, 5.74) is 1.03. The van der Waals surface area contributed by atoms with Crippen molar-refractivity contribution in [1.29, 1.82) is 0 Å². The molecule has 1 aliphatic rings. The molecule has 1 saturated heterocycles. The number of halogens is 2. The number of carbonyl (C=O) groups excluding carboxylic acids is 1. The summed E-state index contributed by atoms with van der Waals surface area (Å²) in [5, 5.41) is 9.13. The number of benzene rings is 1. The Balaban J connectivity index is 0.00000242. The number of aliphatic carboxylic acids is 1. The molecule has 1 aromatic rings. The molecule has 0 spiro atoms. The molecular formula is C15H20BrClN2O3. The Hall–Kier alpha value is -1.11. The number of amides is 1. The summed E-state index contributed by atoms with van der Waals surface area (Å²) < 4.78 is 0.967. The molecule has 0 aliphatic carbocycles. The van der Waals surface area contributed by atoms with Crippen molar-refractivity contribution in [3.8, 4) is 0 Å². The van der Waals surface area contributed by atoms with E-state index in [2.05, 4.69) is 15.9 Å². The van der Waals surface area contributed by atoms with Gasteiger partial charge in [-0.25, -0.2) is 0 Å². The number of rotatable bonds is 5. The average molecular weight is 392 g/mol. The fraction of sp³-hybridized carbons (Fsp3) is 0.467. The lowest BCUT2D eigenvalue weighted by atomic mass is 10.2. The molecule has 0 bridgehead atoms. The van der Waals surface area contributed by atoms with Crippen molar-refractivity contribution in [2.45, 2.75) is 25.4 Å². The van der Waals surface area contributed by atoms with Crippen LogP contribution in [0.5, 0.6) is 0 Å². The Morgan fingerprint density at radius 1 is 1.41 bits per heavy atom. The molecular weight excluding hydrogens is 372 g/mol. The highest BCUT2D eigenvalue weighted by Crippen LogP contribution is 2.19. The molecule has 1 amide bonds. The Morgan fingerprint density at radius 2 is 2.09 bits per heavy atom. The van der Waals surface area contributed by atoms with Crippen LogP contribution in [0.3, 0.4) is 0 Å². The van der Waals surface area contributed by atoms with Gasteiger partial charge in [0.15, 0.2) is 0 Å². The third kappa shape index (κ3) is 4.69. The van der Waals surface area contributed by atoms with Crippen molar-refractivity contribution in [1.82, 2.24) is 9.80 Å². The normalized spacial score (nSPS) is 17.8. The van der Waals surface area contributed by atoms with Crippen molar-refractivity contribution in [2.24, 2.45) is 0 Å². The first kappa shape index (κ1) is 18.9. The van der Waals surface area contributed by atoms with E-state index >= 15 is 0 Å². The zero-order valence-electron chi connectivity index (χ0n) is 12.4. The van der Waals surface area contributed by atoms with Crippen LogP contribution >= 0.6 is 28.3 Å². The zero-order valence-corrected chi connectivity index (χ0v) is 14.8. The van der Waals surface area contributed by atoms with E-state index in [0.29, 0.717) is 19.5 Å². The number of nitrogens with zero attached hydrogens (tertiary/aromatic N) is 2. The maximum Gasteiger partial charge on any atom is 0.320 e. The van der Waals surface area contributed by atoms with Crippen LogP contribution in [0.2, 0.25) is 0 Å². The second-order valence-electron chi connectivity index (χ2n) is 5.31. The minimum atomic E-state index is -0.839. The SMILES string of the molecule is CN(Cc1ccccc1Br)C(=O)CN1CCC[C@@H]1C(=O)O.Cl. The van der Waals surface area contributed by atoms with Gasteiger partial charge in [-0.1, -0.05) is 34.1 Å². The van der Waals surface area contributed by atoms with Gasteiger partial charge < -0.3 is 10.0 Å². The molecule has 1 heterocycles. The van der Waals surface area contributed by atoms with Crippen LogP contribution < -0.4 is 0 Å². The molecule has 0 unspecified atom stereocenters. The van der Waals surface area contributed by atoms with Crippen LogP contribution in [0.25, 0.3) is 0 Å². The first-order valence-electron chi connectivity index (χ1n) is 6.93. The van der Waals surface area contributed by atoms with Gasteiger partial charge in [0.1, 0.15) is 6.04 Å². The third-order valence-electron chi connectivity index (χ3n) is 3.78. The second-order valence-corrected chi connectivity index (χ2v) is 6.16. The number of likely N-dealkylation sites (N-methyl/N-ethyl adjacent to an activating group) is 1. The van der Waals surface area contributed by atoms with Crippen LogP contribution in [0.1, 0.15) is 18.4 Å². The van der Waals surface area contributed by atoms with E-state index in [1.54, 1.807) is 16.8 Å². The lowest BCUT2D eigenvalue weighted by molar-refractivity contribution is -0.143. The van der Waals surface area contributed by atoms with Gasteiger partial charge in [-0.3, -0.25) is 14.5 Å². The predicted molar refractivity (Wildman–Crippen MR) is 90.1 cm³/mol. The number of likely N-dealkylation sites (tertiary alicyclic amines) is 1. The molecule has 0 saturated carbocycles. The number of hydrogen-bond acceptors (Lipinski definition) is 3. The third-order valence-corrected chi connectivity index (χ3v) is 4.55. The molecule has 7 heteroatoms. The number of carboxylic acids is 1. The van der Waals surface area contributed by atoms with Crippen LogP contribution in [0, 0.1) is 0 Å². The van der Waals surface area contributed by atoms with Gasteiger partial charge >= 0.3 is 5.97 Å². The summed E-state index contributed by atoms with van der Waals surface area (Å²) in [6.45, 7) is 1.34. The molecule has 1 atom stereocenters. The molecule has 5 nitrogen and oxygen atoms in total. The number of carboxylic acid groups (broad SMARTS) is 1. The predicted octanol–water partition coefficient (Wildman–Crippen LogP) is 2.38. The summed E-state index contributed by atoms with van der Waals surface area (Å²) in [5.74, 6) is -0.896. The summed E-state index contributed by atoms with van der Waals surface area (Å²) in [4.78, 5) is 26.8. The highest BCUT2D eigenvalue weighted by molar-refractivity contribution is 9.10. The summed E-state index contributed by atoms with van der Waals surface area (Å²) in [7, 11) is 1.74. The lowest BCUT2D eigenvalue weighted by Gasteiger charge is -2.24. The molecule has 22 heavy (non-hydrogen) atoms. The van der Waals surface area contributed by atoms with Gasteiger partial charge in [-0.05, 0) is 31.0 Å². The van der Waals surface area contributed by atoms with Crippen molar-refractivity contribution in [3.63, 3.8) is 0 Å². The van der Waals surface area contributed by atoms with Crippen LogP contribution in [0.15, 0.2) is 28.7 Å². The Kier molecular flexibility index (Phi) is 7.32. The smallest absolute Gasteiger partial charge is 0.320 e. The fourth-order valence-corrected chi connectivity index (χ4v) is 2.97. The average Bonchev–Trinajstić information content (AvgIpc) is 2.89. The van der Waals surface area contributed by atoms with Crippen molar-refractivity contribution >= 4 is 40.2 Å². The van der Waals surface area contributed by atoms with E-state index in [-0.39, 0.29) is 24.9 Å². The maximum absolute atomic E-state index is 12.3. The van der Waals surface area contributed by atoms with Crippen molar-refractivity contribution in [3.05, 3.63) is 34.3 Å². The summed E-state index contributed by atoms with van der Waals surface area (Å²) in [6.07, 6.45) is 1.45. The molecule has 0 aromatic heterocycles. The molecule has 1 N–H and O–H groups in total. The largest absolute Gasteiger partial charge is 0.480 e. The Bertz CT molecular complexity index is 541. The Labute approximate surface area is 144 Å². The molecule has 1 aliphatic heterocycles. The molecule has 1 fully saturated rings. The van der Waals surface area contributed by atoms with Crippen molar-refractivity contribution < 1.29 is 14.7 Å². The monoisotopic (exact) mass is 390 g/mol. The van der Waals surface area contributed by atoms with E-state index in [1.165, 1.54) is 0 Å². The quantitative estimate of drug-likeness (QED) is 0.837. The lowest BCUT2D eigenvalue weighted by Crippen LogP contribution is -2.43.